The summed E-state index contributed by atoms with van der Waals surface area (Å²) in [5.74, 6) is -0.553. The minimum absolute atomic E-state index is 0.111. The highest BCUT2D eigenvalue weighted by Gasteiger charge is 2.34. The molecule has 1 N–H and O–H groups in total. The zero-order valence-corrected chi connectivity index (χ0v) is 14.8. The molecule has 0 fully saturated rings. The van der Waals surface area contributed by atoms with Gasteiger partial charge >= 0.3 is 12.4 Å². The molecule has 27 heavy (non-hydrogen) atoms. The number of amides is 1. The fourth-order valence-corrected chi connectivity index (χ4v) is 3.04. The van der Waals surface area contributed by atoms with Crippen LogP contribution in [0.3, 0.4) is 0 Å². The van der Waals surface area contributed by atoms with E-state index in [0.717, 1.165) is 36.0 Å². The molecule has 0 bridgehead atoms. The highest BCUT2D eigenvalue weighted by Crippen LogP contribution is 2.35. The van der Waals surface area contributed by atoms with Gasteiger partial charge in [-0.05, 0) is 30.7 Å². The molecule has 0 aliphatic heterocycles. The molecule has 0 aliphatic rings. The lowest BCUT2D eigenvalue weighted by atomic mass is 10.1. The molecular formula is C18H15F6NOS. The smallest absolute Gasteiger partial charge is 0.325 e. The second kappa shape index (κ2) is 8.24. The summed E-state index contributed by atoms with van der Waals surface area (Å²) in [6.07, 6.45) is -9.08. The van der Waals surface area contributed by atoms with Crippen molar-refractivity contribution in [2.45, 2.75) is 30.3 Å². The van der Waals surface area contributed by atoms with Gasteiger partial charge in [-0.15, -0.1) is 11.8 Å². The maximum Gasteiger partial charge on any atom is 0.418 e. The summed E-state index contributed by atoms with van der Waals surface area (Å²) in [6, 6.07) is 9.26. The first-order valence-corrected chi connectivity index (χ1v) is 8.78. The number of halogens is 6. The van der Waals surface area contributed by atoms with E-state index in [-0.39, 0.29) is 11.4 Å². The number of carbonyl (C=O) groups is 1. The second-order valence-electron chi connectivity index (χ2n) is 5.68. The minimum atomic E-state index is -4.61. The van der Waals surface area contributed by atoms with E-state index in [1.165, 1.54) is 31.2 Å². The van der Waals surface area contributed by atoms with Crippen molar-refractivity contribution in [1.82, 2.24) is 0 Å². The lowest BCUT2D eigenvalue weighted by molar-refractivity contribution is -0.138. The van der Waals surface area contributed by atoms with Gasteiger partial charge in [0.1, 0.15) is 0 Å². The number of carbonyl (C=O) groups excluding carboxylic acids is 1. The fraction of sp³-hybridized carbons (Fsp3) is 0.278. The molecule has 0 saturated carbocycles. The van der Waals surface area contributed by atoms with E-state index < -0.39 is 34.6 Å². The summed E-state index contributed by atoms with van der Waals surface area (Å²) < 4.78 is 77.0. The van der Waals surface area contributed by atoms with E-state index in [1.807, 2.05) is 0 Å². The maximum atomic E-state index is 13.0. The zero-order chi connectivity index (χ0) is 20.2. The molecule has 1 amide bonds. The fourth-order valence-electron chi connectivity index (χ4n) is 2.21. The number of alkyl halides is 6. The third-order valence-corrected chi connectivity index (χ3v) is 4.83. The van der Waals surface area contributed by atoms with Crippen molar-refractivity contribution >= 4 is 23.4 Å². The van der Waals surface area contributed by atoms with Gasteiger partial charge in [-0.25, -0.2) is 0 Å². The van der Waals surface area contributed by atoms with Gasteiger partial charge in [0.25, 0.3) is 0 Å². The SMILES string of the molecule is CC(SCc1cccc(C(F)(F)F)c1)C(=O)Nc1ccccc1C(F)(F)F. The Bertz CT molecular complexity index is 803. The molecule has 1 atom stereocenters. The predicted octanol–water partition coefficient (Wildman–Crippen LogP) is 5.98. The Morgan fingerprint density at radius 1 is 1.00 bits per heavy atom. The molecule has 9 heteroatoms. The van der Waals surface area contributed by atoms with Crippen molar-refractivity contribution in [3.63, 3.8) is 0 Å². The Balaban J connectivity index is 2.02. The van der Waals surface area contributed by atoms with Gasteiger partial charge in [0.2, 0.25) is 5.91 Å². The van der Waals surface area contributed by atoms with Crippen LogP contribution >= 0.6 is 11.8 Å². The van der Waals surface area contributed by atoms with Crippen LogP contribution in [0.1, 0.15) is 23.6 Å². The van der Waals surface area contributed by atoms with E-state index >= 15 is 0 Å². The number of hydrogen-bond acceptors (Lipinski definition) is 2. The Hall–Kier alpha value is -2.16. The van der Waals surface area contributed by atoms with E-state index in [1.54, 1.807) is 0 Å². The van der Waals surface area contributed by atoms with E-state index in [9.17, 15) is 31.1 Å². The summed E-state index contributed by atoms with van der Waals surface area (Å²) in [6.45, 7) is 1.48. The minimum Gasteiger partial charge on any atom is -0.325 e. The van der Waals surface area contributed by atoms with Crippen LogP contribution in [0, 0.1) is 0 Å². The van der Waals surface area contributed by atoms with E-state index in [4.69, 9.17) is 0 Å². The molecule has 146 valence electrons. The van der Waals surface area contributed by atoms with Crippen LogP contribution in [-0.2, 0) is 22.9 Å². The molecule has 2 nitrogen and oxygen atoms in total. The number of benzene rings is 2. The maximum absolute atomic E-state index is 13.0. The van der Waals surface area contributed by atoms with E-state index in [2.05, 4.69) is 5.32 Å². The van der Waals surface area contributed by atoms with Gasteiger partial charge < -0.3 is 5.32 Å². The van der Waals surface area contributed by atoms with Gasteiger partial charge in [0.15, 0.2) is 0 Å². The van der Waals surface area contributed by atoms with Crippen molar-refractivity contribution in [2.24, 2.45) is 0 Å². The van der Waals surface area contributed by atoms with Crippen LogP contribution in [0.2, 0.25) is 0 Å². The van der Waals surface area contributed by atoms with Crippen molar-refractivity contribution in [1.29, 1.82) is 0 Å². The Labute approximate surface area is 156 Å². The number of hydrogen-bond donors (Lipinski definition) is 1. The summed E-state index contributed by atoms with van der Waals surface area (Å²) >= 11 is 1.03. The van der Waals surface area contributed by atoms with Crippen LogP contribution in [0.15, 0.2) is 48.5 Å². The molecule has 0 saturated heterocycles. The Morgan fingerprint density at radius 2 is 1.67 bits per heavy atom. The third kappa shape index (κ3) is 5.92. The molecular weight excluding hydrogens is 392 g/mol. The molecule has 2 aromatic carbocycles. The molecule has 2 aromatic rings. The number of thioether (sulfide) groups is 1. The summed E-state index contributed by atoms with van der Waals surface area (Å²) in [5, 5.41) is 1.47. The first-order chi connectivity index (χ1) is 12.5. The first-order valence-electron chi connectivity index (χ1n) is 7.73. The zero-order valence-electron chi connectivity index (χ0n) is 14.0. The van der Waals surface area contributed by atoms with Crippen molar-refractivity contribution in [3.05, 3.63) is 65.2 Å². The van der Waals surface area contributed by atoms with Crippen LogP contribution in [0.5, 0.6) is 0 Å². The van der Waals surface area contributed by atoms with Gasteiger partial charge in [-0.2, -0.15) is 26.3 Å². The second-order valence-corrected chi connectivity index (χ2v) is 7.01. The average molecular weight is 407 g/mol. The number of anilines is 1. The van der Waals surface area contributed by atoms with Crippen LogP contribution < -0.4 is 5.32 Å². The highest BCUT2D eigenvalue weighted by molar-refractivity contribution is 7.99. The topological polar surface area (TPSA) is 29.1 Å². The summed E-state index contributed by atoms with van der Waals surface area (Å²) in [7, 11) is 0. The first kappa shape index (κ1) is 21.1. The number of para-hydroxylation sites is 1. The average Bonchev–Trinajstić information content (AvgIpc) is 2.58. The molecule has 0 aromatic heterocycles. The predicted molar refractivity (Wildman–Crippen MR) is 92.3 cm³/mol. The van der Waals surface area contributed by atoms with Gasteiger partial charge in [0.05, 0.1) is 22.1 Å². The third-order valence-electron chi connectivity index (χ3n) is 3.61. The number of nitrogens with one attached hydrogen (secondary N) is 1. The molecule has 0 heterocycles. The quantitative estimate of drug-likeness (QED) is 0.618. The monoisotopic (exact) mass is 407 g/mol. The largest absolute Gasteiger partial charge is 0.418 e. The van der Waals surface area contributed by atoms with Gasteiger partial charge in [-0.3, -0.25) is 4.79 Å². The molecule has 0 radical (unpaired) electrons. The van der Waals surface area contributed by atoms with Crippen LogP contribution in [0.25, 0.3) is 0 Å². The van der Waals surface area contributed by atoms with Gasteiger partial charge in [0, 0.05) is 5.75 Å². The van der Waals surface area contributed by atoms with Crippen LogP contribution in [-0.4, -0.2) is 11.2 Å². The lowest BCUT2D eigenvalue weighted by Gasteiger charge is -2.16. The van der Waals surface area contributed by atoms with Crippen molar-refractivity contribution in [2.75, 3.05) is 5.32 Å². The van der Waals surface area contributed by atoms with Gasteiger partial charge in [-0.1, -0.05) is 30.3 Å². The Kier molecular flexibility index (Phi) is 6.46. The van der Waals surface area contributed by atoms with Crippen molar-refractivity contribution in [3.8, 4) is 0 Å². The summed E-state index contributed by atoms with van der Waals surface area (Å²) in [5.41, 5.74) is -1.75. The molecule has 0 aliphatic carbocycles. The standard InChI is InChI=1S/C18H15F6NOS/c1-11(27-10-12-5-4-6-13(9-12)17(19,20)21)16(26)25-15-8-3-2-7-14(15)18(22,23)24/h2-9,11H,10H2,1H3,(H,25,26). The Morgan fingerprint density at radius 3 is 2.30 bits per heavy atom. The normalized spacial score (nSPS) is 13.3. The highest BCUT2D eigenvalue weighted by atomic mass is 32.2. The molecule has 2 rings (SSSR count). The van der Waals surface area contributed by atoms with E-state index in [0.29, 0.717) is 5.56 Å². The summed E-state index contributed by atoms with van der Waals surface area (Å²) in [4.78, 5) is 12.2. The molecule has 1 unspecified atom stereocenters. The molecule has 0 spiro atoms. The van der Waals surface area contributed by atoms with Crippen molar-refractivity contribution < 1.29 is 31.1 Å². The number of rotatable bonds is 5. The lowest BCUT2D eigenvalue weighted by Crippen LogP contribution is -2.24. The van der Waals surface area contributed by atoms with Crippen LogP contribution in [0.4, 0.5) is 32.0 Å².